The molecule has 1 saturated carbocycles. The maximum absolute atomic E-state index is 9.22. The summed E-state index contributed by atoms with van der Waals surface area (Å²) in [5, 5.41) is 3.24. The zero-order valence-corrected chi connectivity index (χ0v) is 8.81. The molecule has 3 heteroatoms. The van der Waals surface area contributed by atoms with Crippen molar-refractivity contribution in [2.45, 2.75) is 39.0 Å². The fourth-order valence-corrected chi connectivity index (χ4v) is 1.68. The average Bonchev–Trinajstić information content (AvgIpc) is 2.06. The lowest BCUT2D eigenvalue weighted by Crippen LogP contribution is -2.20. The summed E-state index contributed by atoms with van der Waals surface area (Å²) in [4.78, 5) is 9.22. The van der Waals surface area contributed by atoms with Gasteiger partial charge in [-0.1, -0.05) is 19.3 Å². The van der Waals surface area contributed by atoms with Crippen LogP contribution in [0.1, 0.15) is 39.0 Å². The summed E-state index contributed by atoms with van der Waals surface area (Å²) in [6.07, 6.45) is 7.32. The van der Waals surface area contributed by atoms with Crippen LogP contribution in [0.4, 0.5) is 0 Å². The van der Waals surface area contributed by atoms with Gasteiger partial charge < -0.3 is 11.1 Å². The smallest absolute Gasteiger partial charge is 0.214 e. The van der Waals surface area contributed by atoms with E-state index < -0.39 is 0 Å². The first-order valence-electron chi connectivity index (χ1n) is 5.07. The molecule has 0 bridgehead atoms. The molecular weight excluding hydrogens is 164 g/mol. The Morgan fingerprint density at radius 1 is 1.38 bits per heavy atom. The molecule has 0 heterocycles. The summed E-state index contributed by atoms with van der Waals surface area (Å²) in [7, 11) is 2.05. The molecule has 0 atom stereocenters. The zero-order chi connectivity index (χ0) is 10.1. The molecular formula is C10H22N2O. The fourth-order valence-electron chi connectivity index (χ4n) is 1.68. The van der Waals surface area contributed by atoms with Crippen molar-refractivity contribution in [1.82, 2.24) is 5.32 Å². The minimum Gasteiger partial charge on any atom is -0.370 e. The van der Waals surface area contributed by atoms with Crippen LogP contribution in [-0.4, -0.2) is 19.5 Å². The second-order valence-corrected chi connectivity index (χ2v) is 3.67. The maximum atomic E-state index is 9.22. The van der Waals surface area contributed by atoms with E-state index in [-0.39, 0.29) is 5.91 Å². The van der Waals surface area contributed by atoms with Gasteiger partial charge in [-0.25, -0.2) is 0 Å². The van der Waals surface area contributed by atoms with Gasteiger partial charge in [-0.05, 0) is 32.4 Å². The van der Waals surface area contributed by atoms with E-state index in [1.165, 1.54) is 45.6 Å². The topological polar surface area (TPSA) is 55.1 Å². The van der Waals surface area contributed by atoms with Gasteiger partial charge in [0.25, 0.3) is 0 Å². The van der Waals surface area contributed by atoms with Gasteiger partial charge in [0.1, 0.15) is 0 Å². The van der Waals surface area contributed by atoms with E-state index in [0.29, 0.717) is 0 Å². The molecule has 0 aromatic carbocycles. The number of rotatable bonds is 2. The number of carbonyl (C=O) groups is 1. The van der Waals surface area contributed by atoms with Crippen LogP contribution < -0.4 is 11.1 Å². The van der Waals surface area contributed by atoms with E-state index in [1.54, 1.807) is 0 Å². The largest absolute Gasteiger partial charge is 0.370 e. The predicted octanol–water partition coefficient (Wildman–Crippen LogP) is 1.28. The Kier molecular flexibility index (Phi) is 7.69. The molecule has 1 rings (SSSR count). The molecule has 0 spiro atoms. The number of carbonyl (C=O) groups excluding carboxylic acids is 1. The predicted molar refractivity (Wildman–Crippen MR) is 55.4 cm³/mol. The van der Waals surface area contributed by atoms with Crippen molar-refractivity contribution in [2.24, 2.45) is 11.7 Å². The second-order valence-electron chi connectivity index (χ2n) is 3.67. The second kappa shape index (κ2) is 8.05. The van der Waals surface area contributed by atoms with Crippen LogP contribution in [0.25, 0.3) is 0 Å². The Morgan fingerprint density at radius 2 is 1.85 bits per heavy atom. The molecule has 1 aliphatic carbocycles. The van der Waals surface area contributed by atoms with Gasteiger partial charge in [-0.3, -0.25) is 4.79 Å². The highest BCUT2D eigenvalue weighted by Gasteiger charge is 2.11. The van der Waals surface area contributed by atoms with Gasteiger partial charge in [0.15, 0.2) is 0 Å². The van der Waals surface area contributed by atoms with Crippen molar-refractivity contribution < 1.29 is 4.79 Å². The quantitative estimate of drug-likeness (QED) is 0.682. The number of primary amides is 1. The molecule has 78 valence electrons. The molecule has 3 nitrogen and oxygen atoms in total. The number of amides is 1. The zero-order valence-electron chi connectivity index (χ0n) is 8.81. The fraction of sp³-hybridized carbons (Fsp3) is 0.900. The molecule has 0 unspecified atom stereocenters. The van der Waals surface area contributed by atoms with Crippen LogP contribution in [0.5, 0.6) is 0 Å². The third-order valence-electron chi connectivity index (χ3n) is 2.22. The lowest BCUT2D eigenvalue weighted by Gasteiger charge is -2.20. The standard InChI is InChI=1S/C8H17N.C2H5NO/c1-9-7-8-5-3-2-4-6-8;1-2(3)4/h8-9H,2-7H2,1H3;1H3,(H2,3,4). The molecule has 0 aliphatic heterocycles. The molecule has 1 aliphatic rings. The minimum atomic E-state index is -0.333. The summed E-state index contributed by atoms with van der Waals surface area (Å²) in [5.41, 5.74) is 4.47. The molecule has 13 heavy (non-hydrogen) atoms. The Bertz CT molecular complexity index is 124. The van der Waals surface area contributed by atoms with Gasteiger partial charge in [-0.15, -0.1) is 0 Å². The van der Waals surface area contributed by atoms with Crippen LogP contribution in [0.15, 0.2) is 0 Å². The van der Waals surface area contributed by atoms with Gasteiger partial charge in [0.2, 0.25) is 5.91 Å². The van der Waals surface area contributed by atoms with Crippen LogP contribution in [-0.2, 0) is 4.79 Å². The monoisotopic (exact) mass is 186 g/mol. The van der Waals surface area contributed by atoms with Gasteiger partial charge in [0.05, 0.1) is 0 Å². The lowest BCUT2D eigenvalue weighted by atomic mass is 9.89. The summed E-state index contributed by atoms with van der Waals surface area (Å²) < 4.78 is 0. The van der Waals surface area contributed by atoms with E-state index in [0.717, 1.165) is 5.92 Å². The van der Waals surface area contributed by atoms with Gasteiger partial charge in [0, 0.05) is 6.92 Å². The van der Waals surface area contributed by atoms with E-state index in [9.17, 15) is 4.79 Å². The van der Waals surface area contributed by atoms with Crippen molar-refractivity contribution in [3.05, 3.63) is 0 Å². The number of hydrogen-bond donors (Lipinski definition) is 2. The van der Waals surface area contributed by atoms with Crippen molar-refractivity contribution in [1.29, 1.82) is 0 Å². The molecule has 3 N–H and O–H groups in total. The normalized spacial score (nSPS) is 17.4. The highest BCUT2D eigenvalue weighted by molar-refractivity contribution is 5.70. The molecule has 1 amide bonds. The highest BCUT2D eigenvalue weighted by atomic mass is 16.1. The molecule has 0 radical (unpaired) electrons. The first-order valence-corrected chi connectivity index (χ1v) is 5.07. The van der Waals surface area contributed by atoms with Crippen LogP contribution in [0, 0.1) is 5.92 Å². The molecule has 1 fully saturated rings. The van der Waals surface area contributed by atoms with Crippen molar-refractivity contribution in [3.8, 4) is 0 Å². The molecule has 0 aromatic rings. The van der Waals surface area contributed by atoms with Gasteiger partial charge >= 0.3 is 0 Å². The third-order valence-corrected chi connectivity index (χ3v) is 2.22. The Labute approximate surface area is 81.1 Å². The first-order chi connectivity index (χ1) is 6.16. The number of nitrogens with two attached hydrogens (primary N) is 1. The average molecular weight is 186 g/mol. The first kappa shape index (κ1) is 12.4. The lowest BCUT2D eigenvalue weighted by molar-refractivity contribution is -0.115. The Hall–Kier alpha value is -0.570. The summed E-state index contributed by atoms with van der Waals surface area (Å²) in [5.74, 6) is 0.656. The highest BCUT2D eigenvalue weighted by Crippen LogP contribution is 2.22. The van der Waals surface area contributed by atoms with E-state index in [2.05, 4.69) is 18.1 Å². The van der Waals surface area contributed by atoms with Crippen LogP contribution in [0.3, 0.4) is 0 Å². The molecule has 0 saturated heterocycles. The Morgan fingerprint density at radius 3 is 2.23 bits per heavy atom. The maximum Gasteiger partial charge on any atom is 0.214 e. The van der Waals surface area contributed by atoms with Crippen molar-refractivity contribution in [2.75, 3.05) is 13.6 Å². The summed E-state index contributed by atoms with van der Waals surface area (Å²) >= 11 is 0. The Balaban J connectivity index is 0.000000310. The summed E-state index contributed by atoms with van der Waals surface area (Å²) in [6, 6.07) is 0. The van der Waals surface area contributed by atoms with E-state index in [1.807, 2.05) is 0 Å². The number of hydrogen-bond acceptors (Lipinski definition) is 2. The van der Waals surface area contributed by atoms with E-state index >= 15 is 0 Å². The molecule has 0 aromatic heterocycles. The SMILES string of the molecule is CC(N)=O.CNCC1CCCCC1. The van der Waals surface area contributed by atoms with E-state index in [4.69, 9.17) is 0 Å². The third kappa shape index (κ3) is 9.34. The van der Waals surface area contributed by atoms with Gasteiger partial charge in [-0.2, -0.15) is 0 Å². The van der Waals surface area contributed by atoms with Crippen molar-refractivity contribution >= 4 is 5.91 Å². The van der Waals surface area contributed by atoms with Crippen LogP contribution >= 0.6 is 0 Å². The van der Waals surface area contributed by atoms with Crippen LogP contribution in [0.2, 0.25) is 0 Å². The van der Waals surface area contributed by atoms with Crippen molar-refractivity contribution in [3.63, 3.8) is 0 Å². The summed E-state index contributed by atoms with van der Waals surface area (Å²) in [6.45, 7) is 2.54. The minimum absolute atomic E-state index is 0.333. The number of nitrogens with one attached hydrogen (secondary N) is 1.